The summed E-state index contributed by atoms with van der Waals surface area (Å²) in [5.41, 5.74) is 1.44. The summed E-state index contributed by atoms with van der Waals surface area (Å²) in [6.45, 7) is 9.28. The van der Waals surface area contributed by atoms with Crippen molar-refractivity contribution in [2.24, 2.45) is 0 Å². The van der Waals surface area contributed by atoms with E-state index >= 15 is 0 Å². The van der Waals surface area contributed by atoms with Gasteiger partial charge in [0.25, 0.3) is 5.91 Å². The fraction of sp³-hybridized carbons (Fsp3) is 0.500. The molecule has 0 atom stereocenters. The van der Waals surface area contributed by atoms with Gasteiger partial charge in [-0.3, -0.25) is 4.79 Å². The van der Waals surface area contributed by atoms with Crippen LogP contribution in [0.4, 0.5) is 0 Å². The van der Waals surface area contributed by atoms with E-state index in [-0.39, 0.29) is 5.41 Å². The summed E-state index contributed by atoms with van der Waals surface area (Å²) in [6.07, 6.45) is 0. The van der Waals surface area contributed by atoms with E-state index in [2.05, 4.69) is 25.5 Å². The molecule has 0 aliphatic rings. The minimum Gasteiger partial charge on any atom is -0.268 e. The van der Waals surface area contributed by atoms with Gasteiger partial charge >= 0.3 is 0 Å². The van der Waals surface area contributed by atoms with E-state index < -0.39 is 21.2 Å². The Labute approximate surface area is 115 Å². The summed E-state index contributed by atoms with van der Waals surface area (Å²) in [5, 5.41) is -0.634. The van der Waals surface area contributed by atoms with Gasteiger partial charge in [0.15, 0.2) is 0 Å². The summed E-state index contributed by atoms with van der Waals surface area (Å²) < 4.78 is 25.3. The third-order valence-corrected chi connectivity index (χ3v) is 4.58. The summed E-state index contributed by atoms with van der Waals surface area (Å²) >= 11 is 0. The number of carbonyl (C=O) groups excluding carboxylic acids is 1. The molecule has 0 saturated carbocycles. The molecule has 106 valence electrons. The van der Waals surface area contributed by atoms with Gasteiger partial charge in [-0.1, -0.05) is 32.9 Å². The molecule has 1 N–H and O–H groups in total. The number of rotatable bonds is 3. The van der Waals surface area contributed by atoms with Gasteiger partial charge in [0.2, 0.25) is 10.0 Å². The SMILES string of the molecule is CC(C)S(=O)(=O)NC(=O)c1ccc(C(C)(C)C)cc1. The van der Waals surface area contributed by atoms with Crippen LogP contribution < -0.4 is 4.72 Å². The lowest BCUT2D eigenvalue weighted by Crippen LogP contribution is -2.35. The maximum absolute atomic E-state index is 11.8. The molecular weight excluding hydrogens is 262 g/mol. The second-order valence-electron chi connectivity index (χ2n) is 5.85. The van der Waals surface area contributed by atoms with Crippen molar-refractivity contribution in [3.8, 4) is 0 Å². The zero-order chi connectivity index (χ0) is 14.8. The average molecular weight is 283 g/mol. The number of amides is 1. The van der Waals surface area contributed by atoms with Crippen molar-refractivity contribution in [3.05, 3.63) is 35.4 Å². The molecule has 1 aromatic rings. The molecule has 0 fully saturated rings. The third kappa shape index (κ3) is 4.06. The summed E-state index contributed by atoms with van der Waals surface area (Å²) in [6, 6.07) is 6.98. The lowest BCUT2D eigenvalue weighted by Gasteiger charge is -2.19. The Kier molecular flexibility index (Phi) is 4.40. The van der Waals surface area contributed by atoms with E-state index in [1.165, 1.54) is 13.8 Å². The van der Waals surface area contributed by atoms with Crippen molar-refractivity contribution in [2.45, 2.75) is 45.3 Å². The second-order valence-corrected chi connectivity index (χ2v) is 8.09. The van der Waals surface area contributed by atoms with Gasteiger partial charge in [-0.05, 0) is 37.0 Å². The number of hydrogen-bond donors (Lipinski definition) is 1. The van der Waals surface area contributed by atoms with Crippen LogP contribution in [0.25, 0.3) is 0 Å². The summed E-state index contributed by atoms with van der Waals surface area (Å²) in [5.74, 6) is -0.589. The molecule has 0 aliphatic carbocycles. The highest BCUT2D eigenvalue weighted by Gasteiger charge is 2.20. The van der Waals surface area contributed by atoms with Gasteiger partial charge in [-0.25, -0.2) is 13.1 Å². The Morgan fingerprint density at radius 1 is 1.11 bits per heavy atom. The van der Waals surface area contributed by atoms with Gasteiger partial charge in [-0.2, -0.15) is 0 Å². The van der Waals surface area contributed by atoms with E-state index in [4.69, 9.17) is 0 Å². The minimum absolute atomic E-state index is 0.000977. The number of nitrogens with one attached hydrogen (secondary N) is 1. The average Bonchev–Trinajstić information content (AvgIpc) is 2.27. The monoisotopic (exact) mass is 283 g/mol. The van der Waals surface area contributed by atoms with Gasteiger partial charge in [0.05, 0.1) is 5.25 Å². The molecule has 1 amide bonds. The zero-order valence-corrected chi connectivity index (χ0v) is 12.8. The Hall–Kier alpha value is -1.36. The molecule has 0 unspecified atom stereocenters. The van der Waals surface area contributed by atoms with Crippen LogP contribution in [0.15, 0.2) is 24.3 Å². The summed E-state index contributed by atoms with van der Waals surface area (Å²) in [7, 11) is -3.58. The molecule has 0 aliphatic heterocycles. The van der Waals surface area contributed by atoms with Gasteiger partial charge < -0.3 is 0 Å². The molecule has 0 aromatic heterocycles. The van der Waals surface area contributed by atoms with Crippen LogP contribution in [-0.4, -0.2) is 19.6 Å². The predicted molar refractivity (Wildman–Crippen MR) is 76.7 cm³/mol. The van der Waals surface area contributed by atoms with E-state index in [9.17, 15) is 13.2 Å². The van der Waals surface area contributed by atoms with Crippen LogP contribution in [0.5, 0.6) is 0 Å². The van der Waals surface area contributed by atoms with Crippen LogP contribution in [0.2, 0.25) is 0 Å². The van der Waals surface area contributed by atoms with Gasteiger partial charge in [-0.15, -0.1) is 0 Å². The largest absolute Gasteiger partial charge is 0.268 e. The van der Waals surface area contributed by atoms with Crippen LogP contribution in [0, 0.1) is 0 Å². The van der Waals surface area contributed by atoms with Gasteiger partial charge in [0, 0.05) is 5.56 Å². The Balaban J connectivity index is 2.91. The normalized spacial score (nSPS) is 12.5. The highest BCUT2D eigenvalue weighted by atomic mass is 32.2. The van der Waals surface area contributed by atoms with Crippen molar-refractivity contribution < 1.29 is 13.2 Å². The predicted octanol–water partition coefficient (Wildman–Crippen LogP) is 2.45. The van der Waals surface area contributed by atoms with Crippen molar-refractivity contribution in [1.29, 1.82) is 0 Å². The molecule has 0 spiro atoms. The smallest absolute Gasteiger partial charge is 0.264 e. The van der Waals surface area contributed by atoms with Crippen LogP contribution >= 0.6 is 0 Å². The molecule has 1 aromatic carbocycles. The van der Waals surface area contributed by atoms with Crippen molar-refractivity contribution in [3.63, 3.8) is 0 Å². The molecule has 4 nitrogen and oxygen atoms in total. The Morgan fingerprint density at radius 3 is 1.95 bits per heavy atom. The first-order chi connectivity index (χ1) is 8.54. The van der Waals surface area contributed by atoms with Crippen molar-refractivity contribution in [1.82, 2.24) is 4.72 Å². The fourth-order valence-electron chi connectivity index (χ4n) is 1.43. The molecule has 19 heavy (non-hydrogen) atoms. The quantitative estimate of drug-likeness (QED) is 0.926. The molecular formula is C14H21NO3S. The molecule has 0 saturated heterocycles. The number of benzene rings is 1. The Bertz CT molecular complexity index is 551. The molecule has 0 bridgehead atoms. The highest BCUT2D eigenvalue weighted by molar-refractivity contribution is 7.90. The fourth-order valence-corrected chi connectivity index (χ4v) is 2.04. The molecule has 0 radical (unpaired) electrons. The Morgan fingerprint density at radius 2 is 1.58 bits per heavy atom. The third-order valence-electron chi connectivity index (χ3n) is 2.87. The topological polar surface area (TPSA) is 63.2 Å². The molecule has 5 heteroatoms. The van der Waals surface area contributed by atoms with Crippen molar-refractivity contribution >= 4 is 15.9 Å². The first-order valence-corrected chi connectivity index (χ1v) is 7.75. The van der Waals surface area contributed by atoms with Crippen LogP contribution in [0.3, 0.4) is 0 Å². The van der Waals surface area contributed by atoms with E-state index in [1.807, 2.05) is 12.1 Å². The highest BCUT2D eigenvalue weighted by Crippen LogP contribution is 2.22. The van der Waals surface area contributed by atoms with E-state index in [1.54, 1.807) is 12.1 Å². The zero-order valence-electron chi connectivity index (χ0n) is 12.0. The van der Waals surface area contributed by atoms with Crippen molar-refractivity contribution in [2.75, 3.05) is 0 Å². The van der Waals surface area contributed by atoms with Gasteiger partial charge in [0.1, 0.15) is 0 Å². The van der Waals surface area contributed by atoms with E-state index in [0.29, 0.717) is 5.56 Å². The van der Waals surface area contributed by atoms with E-state index in [0.717, 1.165) is 5.56 Å². The molecule has 1 rings (SSSR count). The van der Waals surface area contributed by atoms with Crippen LogP contribution in [0.1, 0.15) is 50.5 Å². The first kappa shape index (κ1) is 15.7. The maximum atomic E-state index is 11.8. The lowest BCUT2D eigenvalue weighted by atomic mass is 9.87. The maximum Gasteiger partial charge on any atom is 0.264 e. The lowest BCUT2D eigenvalue weighted by molar-refractivity contribution is 0.0981. The molecule has 0 heterocycles. The number of carbonyl (C=O) groups is 1. The standard InChI is InChI=1S/C14H21NO3S/c1-10(2)19(17,18)15-13(16)11-6-8-12(9-7-11)14(3,4)5/h6-10H,1-5H3,(H,15,16). The minimum atomic E-state index is -3.58. The second kappa shape index (κ2) is 5.33. The number of sulfonamides is 1. The first-order valence-electron chi connectivity index (χ1n) is 6.20. The number of hydrogen-bond acceptors (Lipinski definition) is 3. The van der Waals surface area contributed by atoms with Crippen LogP contribution in [-0.2, 0) is 15.4 Å². The summed E-state index contributed by atoms with van der Waals surface area (Å²) in [4.78, 5) is 11.8.